The summed E-state index contributed by atoms with van der Waals surface area (Å²) in [6.45, 7) is 2.41. The minimum Gasteiger partial charge on any atom is -0.430 e. The van der Waals surface area contributed by atoms with Crippen LogP contribution in [0.3, 0.4) is 0 Å². The number of amides is 1. The molecule has 2 heterocycles. The normalized spacial score (nSPS) is 15.3. The fraction of sp³-hybridized carbons (Fsp3) is 0.333. The maximum atomic E-state index is 12.9. The quantitative estimate of drug-likeness (QED) is 0.831. The van der Waals surface area contributed by atoms with Gasteiger partial charge in [-0.3, -0.25) is 9.69 Å². The van der Waals surface area contributed by atoms with Gasteiger partial charge in [-0.25, -0.2) is 0 Å². The Morgan fingerprint density at radius 2 is 1.93 bits per heavy atom. The monoisotopic (exact) mass is 412 g/mol. The van der Waals surface area contributed by atoms with Crippen LogP contribution in [-0.2, 0) is 11.0 Å². The number of benzene rings is 1. The Morgan fingerprint density at radius 3 is 2.54 bits per heavy atom. The van der Waals surface area contributed by atoms with Crippen LogP contribution >= 0.6 is 11.6 Å². The first-order valence-corrected chi connectivity index (χ1v) is 8.78. The van der Waals surface area contributed by atoms with Crippen LogP contribution in [0.15, 0.2) is 34.7 Å². The maximum Gasteiger partial charge on any atom is 0.417 e. The van der Waals surface area contributed by atoms with Gasteiger partial charge in [0.05, 0.1) is 17.1 Å². The van der Waals surface area contributed by atoms with E-state index in [1.807, 2.05) is 15.9 Å². The lowest BCUT2D eigenvalue weighted by atomic mass is 10.2. The second-order valence-electron chi connectivity index (χ2n) is 6.25. The first-order chi connectivity index (χ1) is 13.3. The molecule has 10 heteroatoms. The predicted molar refractivity (Wildman–Crippen MR) is 97.2 cm³/mol. The zero-order valence-electron chi connectivity index (χ0n) is 14.6. The van der Waals surface area contributed by atoms with Crippen LogP contribution in [0.1, 0.15) is 11.3 Å². The molecule has 1 N–H and O–H groups in total. The highest BCUT2D eigenvalue weighted by atomic mass is 35.5. The van der Waals surface area contributed by atoms with Crippen molar-refractivity contribution in [1.29, 1.82) is 5.26 Å². The summed E-state index contributed by atoms with van der Waals surface area (Å²) in [5.74, 6) is 0.424. The number of carbonyl (C=O) groups is 1. The highest BCUT2D eigenvalue weighted by molar-refractivity contribution is 6.31. The fourth-order valence-corrected chi connectivity index (χ4v) is 3.13. The molecule has 1 aromatic heterocycles. The molecule has 2 aromatic rings. The zero-order valence-corrected chi connectivity index (χ0v) is 15.3. The lowest BCUT2D eigenvalue weighted by Crippen LogP contribution is -2.48. The number of nitrogens with one attached hydrogen (secondary N) is 1. The summed E-state index contributed by atoms with van der Waals surface area (Å²) in [5.41, 5.74) is -0.948. The summed E-state index contributed by atoms with van der Waals surface area (Å²) in [6.07, 6.45) is -4.59. The third-order valence-electron chi connectivity index (χ3n) is 4.31. The van der Waals surface area contributed by atoms with Crippen LogP contribution in [0.25, 0.3) is 0 Å². The number of furan rings is 1. The van der Waals surface area contributed by atoms with Crippen LogP contribution < -0.4 is 10.2 Å². The Morgan fingerprint density at radius 1 is 1.21 bits per heavy atom. The lowest BCUT2D eigenvalue weighted by Gasteiger charge is -2.34. The van der Waals surface area contributed by atoms with Crippen LogP contribution in [0.5, 0.6) is 0 Å². The van der Waals surface area contributed by atoms with E-state index in [4.69, 9.17) is 21.3 Å². The van der Waals surface area contributed by atoms with E-state index in [1.54, 1.807) is 12.1 Å². The summed E-state index contributed by atoms with van der Waals surface area (Å²) in [5, 5.41) is 10.9. The number of nitrogens with zero attached hydrogens (tertiary/aromatic N) is 3. The fourth-order valence-electron chi connectivity index (χ4n) is 2.91. The molecular weight excluding hydrogens is 397 g/mol. The Labute approximate surface area is 164 Å². The van der Waals surface area contributed by atoms with Gasteiger partial charge in [0, 0.05) is 37.9 Å². The SMILES string of the molecule is N#Cc1ccc(N2CCN(CC(=O)Nc3ccc(Cl)c(C(F)(F)F)c3)CC2)o1. The molecule has 0 unspecified atom stereocenters. The van der Waals surface area contributed by atoms with Gasteiger partial charge in [-0.1, -0.05) is 11.6 Å². The number of piperazine rings is 1. The smallest absolute Gasteiger partial charge is 0.417 e. The topological polar surface area (TPSA) is 72.5 Å². The number of rotatable bonds is 4. The number of hydrogen-bond donors (Lipinski definition) is 1. The maximum absolute atomic E-state index is 12.9. The highest BCUT2D eigenvalue weighted by Crippen LogP contribution is 2.36. The third kappa shape index (κ3) is 4.77. The summed E-state index contributed by atoms with van der Waals surface area (Å²) in [6, 6.07) is 8.50. The van der Waals surface area contributed by atoms with Gasteiger partial charge < -0.3 is 14.6 Å². The Bertz CT molecular complexity index is 899. The first kappa shape index (κ1) is 20.0. The minimum absolute atomic E-state index is 0.0416. The molecular formula is C18H16ClF3N4O2. The second-order valence-corrected chi connectivity index (χ2v) is 6.66. The van der Waals surface area contributed by atoms with Gasteiger partial charge in [0.15, 0.2) is 5.88 Å². The van der Waals surface area contributed by atoms with Gasteiger partial charge in [0.2, 0.25) is 11.7 Å². The van der Waals surface area contributed by atoms with E-state index in [0.717, 1.165) is 12.1 Å². The van der Waals surface area contributed by atoms with E-state index in [-0.39, 0.29) is 18.0 Å². The Balaban J connectivity index is 1.53. The molecule has 148 valence electrons. The number of halogens is 4. The average Bonchev–Trinajstić information content (AvgIpc) is 3.12. The van der Waals surface area contributed by atoms with Crippen molar-refractivity contribution in [3.63, 3.8) is 0 Å². The van der Waals surface area contributed by atoms with Crippen molar-refractivity contribution in [1.82, 2.24) is 4.90 Å². The van der Waals surface area contributed by atoms with Crippen molar-refractivity contribution >= 4 is 29.1 Å². The summed E-state index contributed by atoms with van der Waals surface area (Å²) in [4.78, 5) is 16.0. The van der Waals surface area contributed by atoms with E-state index in [2.05, 4.69) is 5.32 Å². The van der Waals surface area contributed by atoms with Gasteiger partial charge in [-0.15, -0.1) is 0 Å². The number of carbonyl (C=O) groups excluding carboxylic acids is 1. The molecule has 1 amide bonds. The van der Waals surface area contributed by atoms with Crippen molar-refractivity contribution in [3.05, 3.63) is 46.7 Å². The van der Waals surface area contributed by atoms with E-state index in [0.29, 0.717) is 32.1 Å². The van der Waals surface area contributed by atoms with Crippen LogP contribution in [0, 0.1) is 11.3 Å². The molecule has 0 spiro atoms. The van der Waals surface area contributed by atoms with Crippen molar-refractivity contribution in [3.8, 4) is 6.07 Å². The average molecular weight is 413 g/mol. The lowest BCUT2D eigenvalue weighted by molar-refractivity contribution is -0.137. The van der Waals surface area contributed by atoms with Crippen LogP contribution in [-0.4, -0.2) is 43.5 Å². The molecule has 1 aromatic carbocycles. The number of anilines is 2. The predicted octanol–water partition coefficient (Wildman–Crippen LogP) is 3.58. The molecule has 0 atom stereocenters. The van der Waals surface area contributed by atoms with Crippen molar-refractivity contribution < 1.29 is 22.4 Å². The zero-order chi connectivity index (χ0) is 20.3. The molecule has 6 nitrogen and oxygen atoms in total. The molecule has 0 saturated carbocycles. The van der Waals surface area contributed by atoms with Crippen molar-refractivity contribution in [2.45, 2.75) is 6.18 Å². The van der Waals surface area contributed by atoms with Crippen molar-refractivity contribution in [2.75, 3.05) is 42.9 Å². The van der Waals surface area contributed by atoms with Gasteiger partial charge in [-0.05, 0) is 24.3 Å². The van der Waals surface area contributed by atoms with Crippen LogP contribution in [0.4, 0.5) is 24.7 Å². The molecule has 0 bridgehead atoms. The molecule has 0 aliphatic carbocycles. The third-order valence-corrected chi connectivity index (χ3v) is 4.64. The second kappa shape index (κ2) is 8.12. The van der Waals surface area contributed by atoms with Gasteiger partial charge in [-0.2, -0.15) is 18.4 Å². The molecule has 0 radical (unpaired) electrons. The summed E-state index contributed by atoms with van der Waals surface area (Å²) >= 11 is 5.58. The van der Waals surface area contributed by atoms with E-state index >= 15 is 0 Å². The van der Waals surface area contributed by atoms with Crippen LogP contribution in [0.2, 0.25) is 5.02 Å². The first-order valence-electron chi connectivity index (χ1n) is 8.40. The molecule has 28 heavy (non-hydrogen) atoms. The van der Waals surface area contributed by atoms with Crippen molar-refractivity contribution in [2.24, 2.45) is 0 Å². The molecule has 1 fully saturated rings. The summed E-state index contributed by atoms with van der Waals surface area (Å²) < 4.78 is 44.1. The molecule has 1 saturated heterocycles. The van der Waals surface area contributed by atoms with E-state index in [1.165, 1.54) is 6.07 Å². The van der Waals surface area contributed by atoms with Gasteiger partial charge in [0.1, 0.15) is 6.07 Å². The highest BCUT2D eigenvalue weighted by Gasteiger charge is 2.33. The van der Waals surface area contributed by atoms with Gasteiger partial charge in [0.25, 0.3) is 0 Å². The number of nitriles is 1. The minimum atomic E-state index is -4.59. The standard InChI is InChI=1S/C18H16ClF3N4O2/c19-15-3-1-12(9-14(15)18(20,21)22)24-16(27)11-25-5-7-26(8-6-25)17-4-2-13(10-23)28-17/h1-4,9H,5-8,11H2,(H,24,27). The number of hydrogen-bond acceptors (Lipinski definition) is 5. The Hall–Kier alpha value is -2.70. The molecule has 3 rings (SSSR count). The Kier molecular flexibility index (Phi) is 5.82. The van der Waals surface area contributed by atoms with Gasteiger partial charge >= 0.3 is 6.18 Å². The molecule has 1 aliphatic rings. The molecule has 1 aliphatic heterocycles. The summed E-state index contributed by atoms with van der Waals surface area (Å²) in [7, 11) is 0. The van der Waals surface area contributed by atoms with E-state index < -0.39 is 22.7 Å². The largest absolute Gasteiger partial charge is 0.430 e. The number of alkyl halides is 3. The van der Waals surface area contributed by atoms with E-state index in [9.17, 15) is 18.0 Å².